The lowest BCUT2D eigenvalue weighted by atomic mass is 9.93. The van der Waals surface area contributed by atoms with Crippen molar-refractivity contribution in [1.82, 2.24) is 0 Å². The maximum atomic E-state index is 14.0. The smallest absolute Gasteiger partial charge is 0.146 e. The van der Waals surface area contributed by atoms with Crippen molar-refractivity contribution in [2.24, 2.45) is 5.73 Å². The molecule has 1 aliphatic rings. The molecule has 3 nitrogen and oxygen atoms in total. The first-order valence-electron chi connectivity index (χ1n) is 6.36. The Labute approximate surface area is 108 Å². The third kappa shape index (κ3) is 2.65. The fourth-order valence-corrected chi connectivity index (χ4v) is 2.36. The molecule has 0 bridgehead atoms. The highest BCUT2D eigenvalue weighted by molar-refractivity contribution is 5.49. The largest absolute Gasteiger partial charge is 0.378 e. The van der Waals surface area contributed by atoms with Gasteiger partial charge in [-0.3, -0.25) is 0 Å². The van der Waals surface area contributed by atoms with E-state index < -0.39 is 0 Å². The number of ether oxygens (including phenoxy) is 1. The number of nitrogens with two attached hydrogens (primary N) is 1. The summed E-state index contributed by atoms with van der Waals surface area (Å²) in [4.78, 5) is 2.08. The zero-order valence-electron chi connectivity index (χ0n) is 11.1. The van der Waals surface area contributed by atoms with E-state index in [1.54, 1.807) is 7.11 Å². The predicted octanol–water partition coefficient (Wildman–Crippen LogP) is 2.29. The van der Waals surface area contributed by atoms with Gasteiger partial charge in [-0.2, -0.15) is 0 Å². The molecule has 1 saturated heterocycles. The summed E-state index contributed by atoms with van der Waals surface area (Å²) in [7, 11) is 1.74. The van der Waals surface area contributed by atoms with Gasteiger partial charge in [0, 0.05) is 26.7 Å². The van der Waals surface area contributed by atoms with Gasteiger partial charge in [0.1, 0.15) is 5.82 Å². The third-order valence-corrected chi connectivity index (χ3v) is 3.90. The normalized spacial score (nSPS) is 19.0. The second-order valence-electron chi connectivity index (χ2n) is 5.13. The van der Waals surface area contributed by atoms with Gasteiger partial charge in [-0.25, -0.2) is 4.39 Å². The van der Waals surface area contributed by atoms with Crippen LogP contribution in [0.4, 0.5) is 10.1 Å². The molecule has 0 spiro atoms. The molecule has 2 rings (SSSR count). The maximum Gasteiger partial charge on any atom is 0.146 e. The van der Waals surface area contributed by atoms with Crippen LogP contribution in [0.5, 0.6) is 0 Å². The highest BCUT2D eigenvalue weighted by Crippen LogP contribution is 2.29. The van der Waals surface area contributed by atoms with Gasteiger partial charge in [0.15, 0.2) is 0 Å². The molecule has 0 amide bonds. The minimum atomic E-state index is -0.182. The van der Waals surface area contributed by atoms with Gasteiger partial charge in [-0.15, -0.1) is 0 Å². The van der Waals surface area contributed by atoms with E-state index >= 15 is 0 Å². The third-order valence-electron chi connectivity index (χ3n) is 3.90. The fourth-order valence-electron chi connectivity index (χ4n) is 2.36. The van der Waals surface area contributed by atoms with Gasteiger partial charge < -0.3 is 15.4 Å². The van der Waals surface area contributed by atoms with E-state index in [0.29, 0.717) is 12.2 Å². The number of hydrogen-bond donors (Lipinski definition) is 1. The summed E-state index contributed by atoms with van der Waals surface area (Å²) in [6.45, 7) is 4.13. The Kier molecular flexibility index (Phi) is 3.88. The predicted molar refractivity (Wildman–Crippen MR) is 71.2 cm³/mol. The lowest BCUT2D eigenvalue weighted by molar-refractivity contribution is -0.0133. The van der Waals surface area contributed by atoms with Crippen molar-refractivity contribution < 1.29 is 9.13 Å². The van der Waals surface area contributed by atoms with Crippen LogP contribution in [-0.2, 0) is 11.3 Å². The van der Waals surface area contributed by atoms with Gasteiger partial charge in [-0.05, 0) is 37.5 Å². The summed E-state index contributed by atoms with van der Waals surface area (Å²) in [5.41, 5.74) is 6.94. The minimum Gasteiger partial charge on any atom is -0.378 e. The average Bonchev–Trinajstić information content (AvgIpc) is 2.40. The van der Waals surface area contributed by atoms with E-state index in [-0.39, 0.29) is 11.4 Å². The number of methoxy groups -OCH3 is 1. The standard InChI is InChI=1S/C14H21FN2O/c1-14(18-2)5-7-17(8-6-14)13-4-3-11(10-16)9-12(13)15/h3-4,9H,5-8,10,16H2,1-2H3. The minimum absolute atomic E-state index is 0.0653. The van der Waals surface area contributed by atoms with Gasteiger partial charge >= 0.3 is 0 Å². The molecular weight excluding hydrogens is 231 g/mol. The van der Waals surface area contributed by atoms with E-state index in [0.717, 1.165) is 31.5 Å². The summed E-state index contributed by atoms with van der Waals surface area (Å²) in [5.74, 6) is -0.182. The van der Waals surface area contributed by atoms with Crippen LogP contribution in [0.15, 0.2) is 18.2 Å². The molecule has 4 heteroatoms. The van der Waals surface area contributed by atoms with Crippen molar-refractivity contribution in [2.75, 3.05) is 25.1 Å². The van der Waals surface area contributed by atoms with Crippen molar-refractivity contribution in [3.8, 4) is 0 Å². The Bertz CT molecular complexity index is 414. The highest BCUT2D eigenvalue weighted by atomic mass is 19.1. The van der Waals surface area contributed by atoms with Crippen molar-refractivity contribution in [1.29, 1.82) is 0 Å². The van der Waals surface area contributed by atoms with Crippen LogP contribution in [0.1, 0.15) is 25.3 Å². The number of piperidine rings is 1. The van der Waals surface area contributed by atoms with E-state index in [1.807, 2.05) is 12.1 Å². The molecule has 2 N–H and O–H groups in total. The van der Waals surface area contributed by atoms with E-state index in [4.69, 9.17) is 10.5 Å². The zero-order chi connectivity index (χ0) is 13.2. The number of halogens is 1. The van der Waals surface area contributed by atoms with Gasteiger partial charge in [0.2, 0.25) is 0 Å². The van der Waals surface area contributed by atoms with Gasteiger partial charge in [-0.1, -0.05) is 6.07 Å². The van der Waals surface area contributed by atoms with Crippen LogP contribution in [0, 0.1) is 5.82 Å². The quantitative estimate of drug-likeness (QED) is 0.897. The van der Waals surface area contributed by atoms with Crippen LogP contribution in [0.25, 0.3) is 0 Å². The molecule has 1 aliphatic heterocycles. The van der Waals surface area contributed by atoms with Crippen LogP contribution >= 0.6 is 0 Å². The van der Waals surface area contributed by atoms with Crippen LogP contribution in [0.2, 0.25) is 0 Å². The molecule has 0 aliphatic carbocycles. The topological polar surface area (TPSA) is 38.5 Å². The van der Waals surface area contributed by atoms with Crippen molar-refractivity contribution in [2.45, 2.75) is 31.9 Å². The SMILES string of the molecule is COC1(C)CCN(c2ccc(CN)cc2F)CC1. The summed E-state index contributed by atoms with van der Waals surface area (Å²) in [5, 5.41) is 0. The van der Waals surface area contributed by atoms with E-state index in [9.17, 15) is 4.39 Å². The van der Waals surface area contributed by atoms with Crippen LogP contribution in [-0.4, -0.2) is 25.8 Å². The second-order valence-corrected chi connectivity index (χ2v) is 5.13. The summed E-state index contributed by atoms with van der Waals surface area (Å²) < 4.78 is 19.5. The van der Waals surface area contributed by atoms with Crippen molar-refractivity contribution in [3.63, 3.8) is 0 Å². The summed E-state index contributed by atoms with van der Waals surface area (Å²) >= 11 is 0. The second kappa shape index (κ2) is 5.24. The zero-order valence-corrected chi connectivity index (χ0v) is 11.1. The Morgan fingerprint density at radius 3 is 2.56 bits per heavy atom. The summed E-state index contributed by atoms with van der Waals surface area (Å²) in [6.07, 6.45) is 1.84. The average molecular weight is 252 g/mol. The van der Waals surface area contributed by atoms with Gasteiger partial charge in [0.05, 0.1) is 11.3 Å². The lowest BCUT2D eigenvalue weighted by Gasteiger charge is -2.39. The van der Waals surface area contributed by atoms with E-state index in [1.165, 1.54) is 6.07 Å². The molecule has 0 radical (unpaired) electrons. The molecule has 0 atom stereocenters. The molecule has 1 aromatic rings. The van der Waals surface area contributed by atoms with E-state index in [2.05, 4.69) is 11.8 Å². The van der Waals surface area contributed by atoms with Crippen LogP contribution in [0.3, 0.4) is 0 Å². The Morgan fingerprint density at radius 2 is 2.06 bits per heavy atom. The lowest BCUT2D eigenvalue weighted by Crippen LogP contribution is -2.44. The maximum absolute atomic E-state index is 14.0. The monoisotopic (exact) mass is 252 g/mol. The number of benzene rings is 1. The Balaban J connectivity index is 2.10. The number of rotatable bonds is 3. The van der Waals surface area contributed by atoms with Crippen LogP contribution < -0.4 is 10.6 Å². The molecule has 100 valence electrons. The molecule has 0 saturated carbocycles. The first kappa shape index (κ1) is 13.3. The fraction of sp³-hybridized carbons (Fsp3) is 0.571. The molecule has 1 fully saturated rings. The molecular formula is C14H21FN2O. The molecule has 18 heavy (non-hydrogen) atoms. The number of hydrogen-bond acceptors (Lipinski definition) is 3. The molecule has 1 heterocycles. The molecule has 1 aromatic carbocycles. The van der Waals surface area contributed by atoms with Crippen molar-refractivity contribution in [3.05, 3.63) is 29.6 Å². The highest BCUT2D eigenvalue weighted by Gasteiger charge is 2.30. The molecule has 0 unspecified atom stereocenters. The molecule has 0 aromatic heterocycles. The first-order chi connectivity index (χ1) is 8.58. The Morgan fingerprint density at radius 1 is 1.39 bits per heavy atom. The Hall–Kier alpha value is -1.13. The number of nitrogens with zero attached hydrogens (tertiary/aromatic N) is 1. The number of anilines is 1. The van der Waals surface area contributed by atoms with Gasteiger partial charge in [0.25, 0.3) is 0 Å². The first-order valence-corrected chi connectivity index (χ1v) is 6.36. The summed E-state index contributed by atoms with van der Waals surface area (Å²) in [6, 6.07) is 5.25. The van der Waals surface area contributed by atoms with Crippen molar-refractivity contribution >= 4 is 5.69 Å².